The van der Waals surface area contributed by atoms with Gasteiger partial charge in [0, 0.05) is 11.6 Å². The normalized spacial score (nSPS) is 11.6. The molecule has 0 saturated heterocycles. The van der Waals surface area contributed by atoms with Gasteiger partial charge in [0.05, 0.1) is 24.4 Å². The number of benzene rings is 3. The van der Waals surface area contributed by atoms with E-state index in [0.29, 0.717) is 22.5 Å². The fourth-order valence-electron chi connectivity index (χ4n) is 3.69. The van der Waals surface area contributed by atoms with Gasteiger partial charge in [0.15, 0.2) is 5.82 Å². The number of carbonyl (C=O) groups is 2. The number of anilines is 1. The van der Waals surface area contributed by atoms with Crippen molar-refractivity contribution in [3.63, 3.8) is 0 Å². The van der Waals surface area contributed by atoms with E-state index in [2.05, 4.69) is 10.2 Å². The number of methoxy groups -OCH3 is 1. The Kier molecular flexibility index (Phi) is 6.12. The summed E-state index contributed by atoms with van der Waals surface area (Å²) in [7, 11) is 1.34. The number of rotatable bonds is 6. The van der Waals surface area contributed by atoms with Gasteiger partial charge in [-0.05, 0) is 36.2 Å². The number of carbonyl (C=O) groups excluding carboxylic acids is 2. The van der Waals surface area contributed by atoms with Crippen molar-refractivity contribution in [1.82, 2.24) is 10.2 Å². The van der Waals surface area contributed by atoms with Crippen LogP contribution in [0.4, 0.5) is 5.82 Å². The molecule has 1 aromatic heterocycles. The average Bonchev–Trinajstić information content (AvgIpc) is 3.34. The van der Waals surface area contributed by atoms with Crippen LogP contribution in [0, 0.1) is 0 Å². The Bertz CT molecular complexity index is 1220. The van der Waals surface area contributed by atoms with Gasteiger partial charge in [-0.15, -0.1) is 0 Å². The van der Waals surface area contributed by atoms with Crippen LogP contribution in [0.15, 0.2) is 91.0 Å². The number of esters is 1. The van der Waals surface area contributed by atoms with E-state index in [4.69, 9.17) is 4.74 Å². The summed E-state index contributed by atoms with van der Waals surface area (Å²) in [4.78, 5) is 27.6. The highest BCUT2D eigenvalue weighted by Gasteiger charge is 2.29. The van der Waals surface area contributed by atoms with Crippen LogP contribution >= 0.6 is 0 Å². The first-order chi connectivity index (χ1) is 15.6. The molecule has 160 valence electrons. The summed E-state index contributed by atoms with van der Waals surface area (Å²) in [6, 6.07) is 27.3. The van der Waals surface area contributed by atoms with E-state index in [9.17, 15) is 9.59 Å². The lowest BCUT2D eigenvalue weighted by atomic mass is 9.99. The second-order valence-corrected chi connectivity index (χ2v) is 7.30. The van der Waals surface area contributed by atoms with E-state index < -0.39 is 12.0 Å². The van der Waals surface area contributed by atoms with E-state index in [1.165, 1.54) is 7.11 Å². The summed E-state index contributed by atoms with van der Waals surface area (Å²) >= 11 is 0. The summed E-state index contributed by atoms with van der Waals surface area (Å²) < 4.78 is 4.96. The Morgan fingerprint density at radius 2 is 1.53 bits per heavy atom. The topological polar surface area (TPSA) is 75.3 Å². The lowest BCUT2D eigenvalue weighted by Crippen LogP contribution is -2.34. The predicted octanol–water partition coefficient (Wildman–Crippen LogP) is 5.27. The Labute approximate surface area is 186 Å². The first-order valence-corrected chi connectivity index (χ1v) is 10.3. The van der Waals surface area contributed by atoms with Gasteiger partial charge in [0.25, 0.3) is 5.91 Å². The van der Waals surface area contributed by atoms with Gasteiger partial charge in [-0.3, -0.25) is 14.8 Å². The third kappa shape index (κ3) is 4.16. The Morgan fingerprint density at radius 3 is 2.22 bits per heavy atom. The molecule has 1 atom stereocenters. The van der Waals surface area contributed by atoms with Crippen molar-refractivity contribution in [3.8, 4) is 11.3 Å². The highest BCUT2D eigenvalue weighted by molar-refractivity contribution is 6.06. The molecule has 4 rings (SSSR count). The monoisotopic (exact) mass is 425 g/mol. The zero-order chi connectivity index (χ0) is 22.5. The number of nitrogens with one attached hydrogen (secondary N) is 1. The number of nitrogens with zero attached hydrogens (tertiary/aromatic N) is 2. The molecule has 1 heterocycles. The fraction of sp³-hybridized carbons (Fsp3) is 0.115. The molecule has 32 heavy (non-hydrogen) atoms. The van der Waals surface area contributed by atoms with Crippen LogP contribution in [0.5, 0.6) is 0 Å². The van der Waals surface area contributed by atoms with Crippen molar-refractivity contribution in [2.24, 2.45) is 0 Å². The molecule has 0 aliphatic carbocycles. The molecule has 3 aromatic carbocycles. The summed E-state index contributed by atoms with van der Waals surface area (Å²) in [6.45, 7) is 1.87. The van der Waals surface area contributed by atoms with Crippen molar-refractivity contribution in [2.45, 2.75) is 13.0 Å². The molecule has 1 amide bonds. The van der Waals surface area contributed by atoms with E-state index in [0.717, 1.165) is 11.3 Å². The number of aromatic nitrogens is 2. The molecule has 0 bridgehead atoms. The van der Waals surface area contributed by atoms with Crippen LogP contribution < -0.4 is 4.90 Å². The average molecular weight is 425 g/mol. The number of ether oxygens (including phenoxy) is 1. The van der Waals surface area contributed by atoms with Gasteiger partial charge in [-0.2, -0.15) is 5.10 Å². The maximum atomic E-state index is 13.6. The first-order valence-electron chi connectivity index (χ1n) is 10.3. The highest BCUT2D eigenvalue weighted by Crippen LogP contribution is 2.32. The van der Waals surface area contributed by atoms with E-state index in [-0.39, 0.29) is 5.91 Å². The van der Waals surface area contributed by atoms with Crippen LogP contribution in [-0.2, 0) is 4.74 Å². The molecular weight excluding hydrogens is 402 g/mol. The summed E-state index contributed by atoms with van der Waals surface area (Å²) in [5.74, 6) is -0.208. The second-order valence-electron chi connectivity index (χ2n) is 7.30. The number of aromatic amines is 1. The second kappa shape index (κ2) is 9.31. The fourth-order valence-corrected chi connectivity index (χ4v) is 3.69. The third-order valence-corrected chi connectivity index (χ3v) is 5.34. The van der Waals surface area contributed by atoms with Gasteiger partial charge in [0.2, 0.25) is 0 Å². The van der Waals surface area contributed by atoms with E-state index in [1.54, 1.807) is 29.2 Å². The number of H-pyrrole nitrogens is 1. The molecule has 1 N–H and O–H groups in total. The minimum atomic E-state index is -0.482. The smallest absolute Gasteiger partial charge is 0.338 e. The maximum Gasteiger partial charge on any atom is 0.338 e. The first kappa shape index (κ1) is 21.1. The lowest BCUT2D eigenvalue weighted by Gasteiger charge is -2.28. The SMILES string of the molecule is COC(=O)c1ccccc1C(C)N(C(=O)c1ccccc1)c1cc(-c2ccccc2)[nH]n1. The molecule has 0 aliphatic rings. The zero-order valence-electron chi connectivity index (χ0n) is 17.9. The quantitative estimate of drug-likeness (QED) is 0.427. The standard InChI is InChI=1S/C26H23N3O3/c1-18(21-15-9-10-16-22(21)26(31)32-2)29(25(30)20-13-7-4-8-14-20)24-17-23(27-28-24)19-11-5-3-6-12-19/h3-18H,1-2H3,(H,27,28). The molecule has 0 radical (unpaired) electrons. The van der Waals surface area contributed by atoms with Crippen molar-refractivity contribution >= 4 is 17.7 Å². The Morgan fingerprint density at radius 1 is 0.906 bits per heavy atom. The number of hydrogen-bond donors (Lipinski definition) is 1. The minimum absolute atomic E-state index is 0.219. The van der Waals surface area contributed by atoms with Crippen molar-refractivity contribution in [3.05, 3.63) is 108 Å². The molecule has 4 aromatic rings. The molecule has 0 spiro atoms. The number of amides is 1. The predicted molar refractivity (Wildman–Crippen MR) is 123 cm³/mol. The van der Waals surface area contributed by atoms with Crippen molar-refractivity contribution in [1.29, 1.82) is 0 Å². The van der Waals surface area contributed by atoms with Crippen molar-refractivity contribution < 1.29 is 14.3 Å². The van der Waals surface area contributed by atoms with E-state index >= 15 is 0 Å². The minimum Gasteiger partial charge on any atom is -0.465 e. The van der Waals surface area contributed by atoms with Crippen LogP contribution in [0.25, 0.3) is 11.3 Å². The van der Waals surface area contributed by atoms with Gasteiger partial charge in [-0.1, -0.05) is 66.7 Å². The highest BCUT2D eigenvalue weighted by atomic mass is 16.5. The molecule has 6 heteroatoms. The van der Waals surface area contributed by atoms with E-state index in [1.807, 2.05) is 73.7 Å². The molecule has 0 fully saturated rings. The van der Waals surface area contributed by atoms with Gasteiger partial charge < -0.3 is 4.74 Å². The molecule has 6 nitrogen and oxygen atoms in total. The summed E-state index contributed by atoms with van der Waals surface area (Å²) in [5, 5.41) is 7.47. The third-order valence-electron chi connectivity index (χ3n) is 5.34. The van der Waals surface area contributed by atoms with Crippen molar-refractivity contribution in [2.75, 3.05) is 12.0 Å². The van der Waals surface area contributed by atoms with Gasteiger partial charge in [-0.25, -0.2) is 4.79 Å². The Hall–Kier alpha value is -4.19. The zero-order valence-corrected chi connectivity index (χ0v) is 17.9. The van der Waals surface area contributed by atoms with Gasteiger partial charge >= 0.3 is 5.97 Å². The summed E-state index contributed by atoms with van der Waals surface area (Å²) in [6.07, 6.45) is 0. The molecular formula is C26H23N3O3. The Balaban J connectivity index is 1.80. The summed E-state index contributed by atoms with van der Waals surface area (Å²) in [5.41, 5.74) is 3.36. The number of hydrogen-bond acceptors (Lipinski definition) is 4. The molecule has 0 saturated carbocycles. The largest absolute Gasteiger partial charge is 0.465 e. The maximum absolute atomic E-state index is 13.6. The van der Waals surface area contributed by atoms with Crippen LogP contribution in [-0.4, -0.2) is 29.2 Å². The van der Waals surface area contributed by atoms with Gasteiger partial charge in [0.1, 0.15) is 0 Å². The van der Waals surface area contributed by atoms with Crippen LogP contribution in [0.2, 0.25) is 0 Å². The lowest BCUT2D eigenvalue weighted by molar-refractivity contribution is 0.0598. The van der Waals surface area contributed by atoms with Crippen LogP contribution in [0.1, 0.15) is 39.2 Å². The molecule has 0 aliphatic heterocycles. The molecule has 1 unspecified atom stereocenters. The van der Waals surface area contributed by atoms with Crippen LogP contribution in [0.3, 0.4) is 0 Å².